The Bertz CT molecular complexity index is 235. The summed E-state index contributed by atoms with van der Waals surface area (Å²) in [6.07, 6.45) is 1.85. The van der Waals surface area contributed by atoms with E-state index in [2.05, 4.69) is 0 Å². The quantitative estimate of drug-likeness (QED) is 0.696. The molecule has 1 aliphatic heterocycles. The van der Waals surface area contributed by atoms with Crippen LogP contribution in [0.15, 0.2) is 0 Å². The molecule has 1 unspecified atom stereocenters. The molecule has 1 saturated heterocycles. The van der Waals surface area contributed by atoms with Crippen molar-refractivity contribution in [2.45, 2.75) is 45.7 Å². The lowest BCUT2D eigenvalue weighted by molar-refractivity contribution is -0.136. The van der Waals surface area contributed by atoms with E-state index in [1.807, 2.05) is 20.8 Å². The van der Waals surface area contributed by atoms with Gasteiger partial charge in [0.1, 0.15) is 0 Å². The average molecular weight is 214 g/mol. The van der Waals surface area contributed by atoms with E-state index in [4.69, 9.17) is 10.8 Å². The van der Waals surface area contributed by atoms with Crippen LogP contribution in [0.5, 0.6) is 0 Å². The van der Waals surface area contributed by atoms with Crippen LogP contribution in [-0.4, -0.2) is 41.1 Å². The van der Waals surface area contributed by atoms with Gasteiger partial charge in [0.2, 0.25) is 5.91 Å². The highest BCUT2D eigenvalue weighted by atomic mass is 16.3. The maximum absolute atomic E-state index is 12.1. The number of carbonyl (C=O) groups excluding carboxylic acids is 1. The lowest BCUT2D eigenvalue weighted by atomic mass is 9.86. The monoisotopic (exact) mass is 214 g/mol. The van der Waals surface area contributed by atoms with Crippen molar-refractivity contribution in [2.75, 3.05) is 13.2 Å². The van der Waals surface area contributed by atoms with Crippen LogP contribution in [0.25, 0.3) is 0 Å². The maximum Gasteiger partial charge on any atom is 0.240 e. The number of amides is 1. The molecule has 0 aromatic carbocycles. The molecule has 0 radical (unpaired) electrons. The van der Waals surface area contributed by atoms with Crippen LogP contribution in [0.3, 0.4) is 0 Å². The number of hydrogen-bond donors (Lipinski definition) is 2. The van der Waals surface area contributed by atoms with Gasteiger partial charge in [0.15, 0.2) is 0 Å². The highest BCUT2D eigenvalue weighted by Crippen LogP contribution is 2.23. The van der Waals surface area contributed by atoms with E-state index in [0.29, 0.717) is 0 Å². The molecule has 2 atom stereocenters. The molecule has 1 heterocycles. The van der Waals surface area contributed by atoms with Gasteiger partial charge in [-0.25, -0.2) is 0 Å². The van der Waals surface area contributed by atoms with Gasteiger partial charge in [0.05, 0.1) is 18.7 Å². The molecule has 15 heavy (non-hydrogen) atoms. The van der Waals surface area contributed by atoms with Crippen LogP contribution < -0.4 is 5.73 Å². The number of nitrogens with zero attached hydrogens (tertiary/aromatic N) is 1. The summed E-state index contributed by atoms with van der Waals surface area (Å²) in [5.41, 5.74) is 5.70. The minimum atomic E-state index is -0.482. The third-order valence-electron chi connectivity index (χ3n) is 3.07. The fourth-order valence-electron chi connectivity index (χ4n) is 1.86. The first-order valence-corrected chi connectivity index (χ1v) is 5.55. The summed E-state index contributed by atoms with van der Waals surface area (Å²) in [4.78, 5) is 13.8. The summed E-state index contributed by atoms with van der Waals surface area (Å²) < 4.78 is 0. The predicted octanol–water partition coefficient (Wildman–Crippen LogP) is 0.343. The van der Waals surface area contributed by atoms with Crippen molar-refractivity contribution < 1.29 is 9.90 Å². The molecule has 0 aliphatic carbocycles. The van der Waals surface area contributed by atoms with Gasteiger partial charge < -0.3 is 15.7 Å². The van der Waals surface area contributed by atoms with Crippen molar-refractivity contribution in [1.82, 2.24) is 4.90 Å². The molecule has 1 amide bonds. The number of aliphatic hydroxyl groups is 1. The van der Waals surface area contributed by atoms with Gasteiger partial charge in [0, 0.05) is 6.54 Å². The zero-order valence-electron chi connectivity index (χ0n) is 9.86. The largest absolute Gasteiger partial charge is 0.394 e. The molecule has 0 bridgehead atoms. The molecule has 4 heteroatoms. The molecule has 1 aliphatic rings. The Morgan fingerprint density at radius 2 is 2.20 bits per heavy atom. The number of rotatable bonds is 2. The van der Waals surface area contributed by atoms with Crippen molar-refractivity contribution in [3.05, 3.63) is 0 Å². The van der Waals surface area contributed by atoms with E-state index in [1.54, 1.807) is 4.90 Å². The van der Waals surface area contributed by atoms with E-state index in [-0.39, 0.29) is 24.0 Å². The zero-order chi connectivity index (χ0) is 11.6. The average Bonchev–Trinajstić information content (AvgIpc) is 2.61. The maximum atomic E-state index is 12.1. The first-order valence-electron chi connectivity index (χ1n) is 5.55. The molecule has 88 valence electrons. The Morgan fingerprint density at radius 1 is 1.60 bits per heavy atom. The lowest BCUT2D eigenvalue weighted by Gasteiger charge is -2.32. The van der Waals surface area contributed by atoms with Crippen LogP contribution in [-0.2, 0) is 4.79 Å². The lowest BCUT2D eigenvalue weighted by Crippen LogP contribution is -2.52. The molecule has 0 saturated carbocycles. The van der Waals surface area contributed by atoms with E-state index in [1.165, 1.54) is 0 Å². The predicted molar refractivity (Wildman–Crippen MR) is 59.3 cm³/mol. The molecule has 0 aromatic rings. The second kappa shape index (κ2) is 4.49. The smallest absolute Gasteiger partial charge is 0.240 e. The second-order valence-corrected chi connectivity index (χ2v) is 5.35. The van der Waals surface area contributed by atoms with Crippen molar-refractivity contribution in [1.29, 1.82) is 0 Å². The Hall–Kier alpha value is -0.610. The van der Waals surface area contributed by atoms with Crippen LogP contribution in [0, 0.1) is 5.41 Å². The normalized spacial score (nSPS) is 24.3. The van der Waals surface area contributed by atoms with Crippen LogP contribution >= 0.6 is 0 Å². The summed E-state index contributed by atoms with van der Waals surface area (Å²) in [7, 11) is 0. The van der Waals surface area contributed by atoms with Gasteiger partial charge in [-0.05, 0) is 18.3 Å². The molecule has 1 fully saturated rings. The second-order valence-electron chi connectivity index (χ2n) is 5.35. The van der Waals surface area contributed by atoms with E-state index in [0.717, 1.165) is 19.4 Å². The first-order chi connectivity index (χ1) is 6.88. The molecule has 0 spiro atoms. The number of carbonyl (C=O) groups is 1. The van der Waals surface area contributed by atoms with E-state index in [9.17, 15) is 4.79 Å². The van der Waals surface area contributed by atoms with Crippen molar-refractivity contribution in [3.8, 4) is 0 Å². The molecular formula is C11H22N2O2. The summed E-state index contributed by atoms with van der Waals surface area (Å²) in [6.45, 7) is 6.65. The van der Waals surface area contributed by atoms with E-state index < -0.39 is 6.04 Å². The minimum Gasteiger partial charge on any atom is -0.394 e. The van der Waals surface area contributed by atoms with Gasteiger partial charge in [-0.2, -0.15) is 0 Å². The molecule has 4 nitrogen and oxygen atoms in total. The fourth-order valence-corrected chi connectivity index (χ4v) is 1.86. The van der Waals surface area contributed by atoms with Gasteiger partial charge in [-0.1, -0.05) is 20.8 Å². The number of nitrogens with two attached hydrogens (primary N) is 1. The molecular weight excluding hydrogens is 192 g/mol. The SMILES string of the molecule is CC(C)(C)[C@H](N)C(=O)N1CCCC1CO. The minimum absolute atomic E-state index is 0.0223. The Kier molecular flexibility index (Phi) is 3.73. The number of aliphatic hydroxyl groups excluding tert-OH is 1. The van der Waals surface area contributed by atoms with Crippen molar-refractivity contribution in [2.24, 2.45) is 11.1 Å². The highest BCUT2D eigenvalue weighted by Gasteiger charge is 2.35. The number of likely N-dealkylation sites (tertiary alicyclic amines) is 1. The topological polar surface area (TPSA) is 66.6 Å². The summed E-state index contributed by atoms with van der Waals surface area (Å²) >= 11 is 0. The molecule has 3 N–H and O–H groups in total. The zero-order valence-corrected chi connectivity index (χ0v) is 9.86. The molecule has 1 rings (SSSR count). The van der Waals surface area contributed by atoms with Crippen molar-refractivity contribution in [3.63, 3.8) is 0 Å². The van der Waals surface area contributed by atoms with Crippen molar-refractivity contribution >= 4 is 5.91 Å². The van der Waals surface area contributed by atoms with Gasteiger partial charge in [-0.15, -0.1) is 0 Å². The third kappa shape index (κ3) is 2.69. The fraction of sp³-hybridized carbons (Fsp3) is 0.909. The Labute approximate surface area is 91.4 Å². The molecule has 0 aromatic heterocycles. The Balaban J connectivity index is 2.68. The van der Waals surface area contributed by atoms with Crippen LogP contribution in [0.4, 0.5) is 0 Å². The highest BCUT2D eigenvalue weighted by molar-refractivity contribution is 5.83. The van der Waals surface area contributed by atoms with E-state index >= 15 is 0 Å². The van der Waals surface area contributed by atoms with Crippen LogP contribution in [0.2, 0.25) is 0 Å². The number of hydrogen-bond acceptors (Lipinski definition) is 3. The van der Waals surface area contributed by atoms with Gasteiger partial charge >= 0.3 is 0 Å². The summed E-state index contributed by atoms with van der Waals surface area (Å²) in [5.74, 6) is -0.0287. The Morgan fingerprint density at radius 3 is 2.67 bits per heavy atom. The first kappa shape index (κ1) is 12.5. The van der Waals surface area contributed by atoms with Gasteiger partial charge in [-0.3, -0.25) is 4.79 Å². The summed E-state index contributed by atoms with van der Waals surface area (Å²) in [5, 5.41) is 9.14. The van der Waals surface area contributed by atoms with Gasteiger partial charge in [0.25, 0.3) is 0 Å². The van der Waals surface area contributed by atoms with Crippen LogP contribution in [0.1, 0.15) is 33.6 Å². The standard InChI is InChI=1S/C11H22N2O2/c1-11(2,3)9(12)10(15)13-6-4-5-8(13)7-14/h8-9,14H,4-7,12H2,1-3H3/t8?,9-/m1/s1. The summed E-state index contributed by atoms with van der Waals surface area (Å²) in [6, 6.07) is -0.504. The third-order valence-corrected chi connectivity index (χ3v) is 3.07.